The molecule has 1 aliphatic heterocycles. The zero-order valence-corrected chi connectivity index (χ0v) is 16.3. The summed E-state index contributed by atoms with van der Waals surface area (Å²) in [5.41, 5.74) is 1.03. The van der Waals surface area contributed by atoms with Gasteiger partial charge in [-0.15, -0.1) is 0 Å². The Morgan fingerprint density at radius 3 is 2.28 bits per heavy atom. The highest BCUT2D eigenvalue weighted by Crippen LogP contribution is 2.27. The zero-order valence-electron chi connectivity index (χ0n) is 15.5. The Balaban J connectivity index is 1.70. The number of thiocarbonyl (C=S) groups is 1. The summed E-state index contributed by atoms with van der Waals surface area (Å²) in [6.07, 6.45) is -6.56. The molecule has 5 atom stereocenters. The highest BCUT2D eigenvalue weighted by molar-refractivity contribution is 7.79. The van der Waals surface area contributed by atoms with Gasteiger partial charge in [-0.3, -0.25) is 0 Å². The van der Waals surface area contributed by atoms with Gasteiger partial charge in [0, 0.05) is 12.2 Å². The van der Waals surface area contributed by atoms with Crippen LogP contribution in [0.25, 0.3) is 0 Å². The molecule has 0 spiro atoms. The van der Waals surface area contributed by atoms with Crippen molar-refractivity contribution < 1.29 is 38.7 Å². The first-order valence-electron chi connectivity index (χ1n) is 8.87. The second-order valence-electron chi connectivity index (χ2n) is 6.53. The van der Waals surface area contributed by atoms with Crippen LogP contribution in [0.4, 0.5) is 4.39 Å². The quantitative estimate of drug-likeness (QED) is 0.624. The fraction of sp³-hybridized carbons (Fsp3) is 0.350. The van der Waals surface area contributed by atoms with Crippen molar-refractivity contribution in [3.8, 4) is 11.5 Å². The van der Waals surface area contributed by atoms with Crippen molar-refractivity contribution in [3.05, 3.63) is 59.9 Å². The van der Waals surface area contributed by atoms with E-state index in [1.165, 1.54) is 24.3 Å². The molecule has 1 heterocycles. The van der Waals surface area contributed by atoms with Gasteiger partial charge in [-0.25, -0.2) is 4.39 Å². The second-order valence-corrected chi connectivity index (χ2v) is 6.86. The topological polar surface area (TPSA) is 97.6 Å². The summed E-state index contributed by atoms with van der Waals surface area (Å²) in [6.45, 7) is 1.37. The van der Waals surface area contributed by atoms with E-state index in [0.717, 1.165) is 5.56 Å². The van der Waals surface area contributed by atoms with Crippen molar-refractivity contribution in [2.45, 2.75) is 37.6 Å². The lowest BCUT2D eigenvalue weighted by Gasteiger charge is -2.41. The second kappa shape index (κ2) is 9.47. The van der Waals surface area contributed by atoms with Crippen LogP contribution in [-0.4, -0.2) is 57.9 Å². The summed E-state index contributed by atoms with van der Waals surface area (Å²) in [4.78, 5) is 0. The summed E-state index contributed by atoms with van der Waals surface area (Å²) in [7, 11) is 0. The lowest BCUT2D eigenvalue weighted by atomic mass is 9.99. The molecule has 156 valence electrons. The minimum atomic E-state index is -1.47. The van der Waals surface area contributed by atoms with E-state index in [1.807, 2.05) is 19.1 Å². The lowest BCUT2D eigenvalue weighted by Crippen LogP contribution is -2.61. The number of halogens is 1. The van der Waals surface area contributed by atoms with Crippen LogP contribution in [0.2, 0.25) is 0 Å². The predicted molar refractivity (Wildman–Crippen MR) is 104 cm³/mol. The number of hydrogen-bond acceptors (Lipinski definition) is 8. The SMILES string of the molecule is Cc1ccc(OC(=S)O[C@@H]2[C@H](O)[C@H](Oc3ccc(F)cc3)O[C@H](CO)[C@H]2O)cc1. The van der Waals surface area contributed by atoms with E-state index in [-0.39, 0.29) is 11.0 Å². The monoisotopic (exact) mass is 424 g/mol. The molecule has 2 aromatic carbocycles. The molecule has 0 unspecified atom stereocenters. The minimum Gasteiger partial charge on any atom is -0.462 e. The average Bonchev–Trinajstić information content (AvgIpc) is 2.70. The molecule has 3 N–H and O–H groups in total. The molecule has 0 aromatic heterocycles. The van der Waals surface area contributed by atoms with Gasteiger partial charge in [0.05, 0.1) is 6.61 Å². The molecule has 29 heavy (non-hydrogen) atoms. The Labute approximate surface area is 172 Å². The molecule has 0 bridgehead atoms. The predicted octanol–water partition coefficient (Wildman–Crippen LogP) is 1.70. The smallest absolute Gasteiger partial charge is 0.358 e. The number of rotatable bonds is 5. The number of ether oxygens (including phenoxy) is 4. The molecule has 3 rings (SSSR count). The van der Waals surface area contributed by atoms with E-state index in [9.17, 15) is 19.7 Å². The fourth-order valence-corrected chi connectivity index (χ4v) is 2.98. The first-order chi connectivity index (χ1) is 13.9. The summed E-state index contributed by atoms with van der Waals surface area (Å²) in [6, 6.07) is 12.1. The molecule has 0 aliphatic carbocycles. The highest BCUT2D eigenvalue weighted by Gasteiger charge is 2.47. The third kappa shape index (κ3) is 5.40. The fourth-order valence-electron chi connectivity index (χ4n) is 2.77. The van der Waals surface area contributed by atoms with Gasteiger partial charge in [0.2, 0.25) is 6.29 Å². The van der Waals surface area contributed by atoms with Gasteiger partial charge >= 0.3 is 5.24 Å². The maximum atomic E-state index is 13.1. The van der Waals surface area contributed by atoms with Crippen molar-refractivity contribution >= 4 is 17.5 Å². The number of aryl methyl sites for hydroxylation is 1. The Morgan fingerprint density at radius 1 is 1.03 bits per heavy atom. The normalized spacial score (nSPS) is 26.6. The Bertz CT molecular complexity index is 815. The van der Waals surface area contributed by atoms with E-state index < -0.39 is 43.1 Å². The summed E-state index contributed by atoms with van der Waals surface area (Å²) in [5, 5.41) is 30.1. The summed E-state index contributed by atoms with van der Waals surface area (Å²) in [5.74, 6) is 0.196. The van der Waals surface area contributed by atoms with Crippen LogP contribution >= 0.6 is 12.2 Å². The Morgan fingerprint density at radius 2 is 1.66 bits per heavy atom. The van der Waals surface area contributed by atoms with E-state index in [2.05, 4.69) is 0 Å². The van der Waals surface area contributed by atoms with Crippen LogP contribution in [0, 0.1) is 12.7 Å². The molecule has 2 aromatic rings. The molecular formula is C20H21FO7S. The number of aliphatic hydroxyl groups is 3. The molecule has 0 radical (unpaired) electrons. The Hall–Kier alpha value is -2.30. The number of aliphatic hydroxyl groups excluding tert-OH is 3. The molecule has 0 saturated carbocycles. The maximum absolute atomic E-state index is 13.1. The van der Waals surface area contributed by atoms with Crippen molar-refractivity contribution in [3.63, 3.8) is 0 Å². The van der Waals surface area contributed by atoms with Crippen molar-refractivity contribution in [1.29, 1.82) is 0 Å². The van der Waals surface area contributed by atoms with Crippen molar-refractivity contribution in [1.82, 2.24) is 0 Å². The number of benzene rings is 2. The van der Waals surface area contributed by atoms with Crippen LogP contribution in [0.5, 0.6) is 11.5 Å². The highest BCUT2D eigenvalue weighted by atomic mass is 32.1. The van der Waals surface area contributed by atoms with E-state index in [1.54, 1.807) is 12.1 Å². The summed E-state index contributed by atoms with van der Waals surface area (Å²) < 4.78 is 34.8. The Kier molecular flexibility index (Phi) is 6.99. The molecule has 1 fully saturated rings. The molecule has 1 saturated heterocycles. The van der Waals surface area contributed by atoms with Gasteiger partial charge in [0.25, 0.3) is 0 Å². The molecule has 0 amide bonds. The third-order valence-corrected chi connectivity index (χ3v) is 4.52. The zero-order chi connectivity index (χ0) is 21.0. The van der Waals surface area contributed by atoms with E-state index in [0.29, 0.717) is 5.75 Å². The van der Waals surface area contributed by atoms with Crippen LogP contribution in [-0.2, 0) is 9.47 Å². The standard InChI is InChI=1S/C20H21FO7S/c1-11-2-6-14(7-3-11)26-20(29)28-18-16(23)15(10-22)27-19(17(18)24)25-13-8-4-12(21)5-9-13/h2-9,15-19,22-24H,10H2,1H3/t15-,16-,17+,18+,19-/m1/s1. The average molecular weight is 424 g/mol. The van der Waals surface area contributed by atoms with Gasteiger partial charge in [-0.05, 0) is 43.3 Å². The molecule has 7 nitrogen and oxygen atoms in total. The first-order valence-corrected chi connectivity index (χ1v) is 9.28. The van der Waals surface area contributed by atoms with Crippen LogP contribution in [0.3, 0.4) is 0 Å². The minimum absolute atomic E-state index is 0.223. The van der Waals surface area contributed by atoms with Gasteiger partial charge in [-0.1, -0.05) is 17.7 Å². The van der Waals surface area contributed by atoms with Crippen molar-refractivity contribution in [2.24, 2.45) is 0 Å². The first kappa shape index (κ1) is 21.4. The van der Waals surface area contributed by atoms with Crippen LogP contribution < -0.4 is 9.47 Å². The maximum Gasteiger partial charge on any atom is 0.358 e. The van der Waals surface area contributed by atoms with Gasteiger partial charge in [0.1, 0.15) is 29.5 Å². The van der Waals surface area contributed by atoms with Crippen LogP contribution in [0.15, 0.2) is 48.5 Å². The van der Waals surface area contributed by atoms with Gasteiger partial charge in [-0.2, -0.15) is 0 Å². The lowest BCUT2D eigenvalue weighted by molar-refractivity contribution is -0.275. The van der Waals surface area contributed by atoms with Crippen LogP contribution in [0.1, 0.15) is 5.56 Å². The number of hydrogen-bond donors (Lipinski definition) is 3. The molecule has 1 aliphatic rings. The van der Waals surface area contributed by atoms with E-state index in [4.69, 9.17) is 31.2 Å². The van der Waals surface area contributed by atoms with E-state index >= 15 is 0 Å². The summed E-state index contributed by atoms with van der Waals surface area (Å²) >= 11 is 5.06. The molecular weight excluding hydrogens is 403 g/mol. The van der Waals surface area contributed by atoms with Gasteiger partial charge < -0.3 is 34.3 Å². The van der Waals surface area contributed by atoms with Gasteiger partial charge in [0.15, 0.2) is 12.2 Å². The van der Waals surface area contributed by atoms with Crippen molar-refractivity contribution in [2.75, 3.05) is 6.61 Å². The third-order valence-electron chi connectivity index (χ3n) is 4.34. The molecule has 9 heteroatoms. The largest absolute Gasteiger partial charge is 0.462 e.